The number of aryl methyl sites for hydroxylation is 3. The maximum absolute atomic E-state index is 12.5. The number of ether oxygens (including phenoxy) is 1. The monoisotopic (exact) mass is 417 g/mol. The van der Waals surface area contributed by atoms with E-state index < -0.39 is 0 Å². The molecule has 1 amide bonds. The first-order chi connectivity index (χ1) is 15.2. The minimum absolute atomic E-state index is 0.293. The van der Waals surface area contributed by atoms with Gasteiger partial charge in [-0.2, -0.15) is 0 Å². The van der Waals surface area contributed by atoms with Gasteiger partial charge in [0.15, 0.2) is 0 Å². The molecule has 0 N–H and O–H groups in total. The van der Waals surface area contributed by atoms with Crippen LogP contribution in [0.2, 0.25) is 0 Å². The van der Waals surface area contributed by atoms with Crippen molar-refractivity contribution in [3.63, 3.8) is 0 Å². The zero-order chi connectivity index (χ0) is 21.5. The quantitative estimate of drug-likeness (QED) is 0.613. The summed E-state index contributed by atoms with van der Waals surface area (Å²) in [6.07, 6.45) is 4.81. The third kappa shape index (κ3) is 6.08. The summed E-state index contributed by atoms with van der Waals surface area (Å²) in [5, 5.41) is 0. The van der Waals surface area contributed by atoms with Crippen LogP contribution in [0.25, 0.3) is 0 Å². The number of hydrogen-bond acceptors (Lipinski definition) is 6. The Bertz CT molecular complexity index is 986. The van der Waals surface area contributed by atoms with Gasteiger partial charge in [-0.25, -0.2) is 14.8 Å². The molecule has 1 aliphatic heterocycles. The van der Waals surface area contributed by atoms with E-state index in [2.05, 4.69) is 25.9 Å². The Hall–Kier alpha value is -3.32. The Balaban J connectivity index is 1.22. The highest BCUT2D eigenvalue weighted by Crippen LogP contribution is 2.16. The molecule has 7 heteroatoms. The van der Waals surface area contributed by atoms with Gasteiger partial charge in [-0.05, 0) is 55.7 Å². The molecule has 31 heavy (non-hydrogen) atoms. The van der Waals surface area contributed by atoms with Crippen molar-refractivity contribution in [2.45, 2.75) is 26.3 Å². The topological polar surface area (TPSA) is 71.5 Å². The van der Waals surface area contributed by atoms with Crippen molar-refractivity contribution in [3.8, 4) is 5.75 Å². The van der Waals surface area contributed by atoms with Crippen LogP contribution >= 0.6 is 0 Å². The molecule has 0 bridgehead atoms. The Labute approximate surface area is 182 Å². The fraction of sp³-hybridized carbons (Fsp3) is 0.333. The highest BCUT2D eigenvalue weighted by Gasteiger charge is 2.22. The number of hydrogen-bond donors (Lipinski definition) is 0. The average molecular weight is 418 g/mol. The summed E-state index contributed by atoms with van der Waals surface area (Å²) in [7, 11) is 0. The largest absolute Gasteiger partial charge is 0.415 e. The van der Waals surface area contributed by atoms with E-state index in [4.69, 9.17) is 4.74 Å². The number of nitrogens with zero attached hydrogens (tertiary/aromatic N) is 5. The Morgan fingerprint density at radius 2 is 1.77 bits per heavy atom. The van der Waals surface area contributed by atoms with Crippen LogP contribution in [0, 0.1) is 6.92 Å². The molecule has 160 valence electrons. The van der Waals surface area contributed by atoms with Crippen LogP contribution in [0.4, 0.5) is 4.79 Å². The second kappa shape index (κ2) is 10.1. The van der Waals surface area contributed by atoms with Crippen molar-refractivity contribution in [2.75, 3.05) is 26.2 Å². The first kappa shape index (κ1) is 20.9. The second-order valence-electron chi connectivity index (χ2n) is 7.75. The molecule has 0 unspecified atom stereocenters. The summed E-state index contributed by atoms with van der Waals surface area (Å²) in [6, 6.07) is 15.8. The van der Waals surface area contributed by atoms with E-state index in [1.165, 1.54) is 5.56 Å². The summed E-state index contributed by atoms with van der Waals surface area (Å²) in [5.74, 6) is 0.575. The third-order valence-corrected chi connectivity index (χ3v) is 5.40. The standard InChI is InChI=1S/C24H27N5O2/c1-19-3-2-4-21(27-19)8-5-20-6-9-23(10-7-20)31-24(30)29-15-13-28(14-16-29)17-22-11-12-25-18-26-22/h2-4,6-7,9-12,18H,5,8,13-17H2,1H3. The predicted molar refractivity (Wildman–Crippen MR) is 118 cm³/mol. The summed E-state index contributed by atoms with van der Waals surface area (Å²) in [6.45, 7) is 5.66. The molecule has 2 aromatic heterocycles. The normalized spacial score (nSPS) is 14.4. The van der Waals surface area contributed by atoms with Crippen LogP contribution in [-0.2, 0) is 19.4 Å². The molecule has 1 aromatic carbocycles. The van der Waals surface area contributed by atoms with Crippen molar-refractivity contribution >= 4 is 6.09 Å². The fourth-order valence-corrected chi connectivity index (χ4v) is 3.63. The maximum Gasteiger partial charge on any atom is 0.415 e. The highest BCUT2D eigenvalue weighted by atomic mass is 16.6. The SMILES string of the molecule is Cc1cccc(CCc2ccc(OC(=O)N3CCN(Cc4ccncn4)CC3)cc2)n1. The molecule has 3 heterocycles. The lowest BCUT2D eigenvalue weighted by Crippen LogP contribution is -2.49. The van der Waals surface area contributed by atoms with E-state index in [1.54, 1.807) is 17.4 Å². The molecule has 0 atom stereocenters. The lowest BCUT2D eigenvalue weighted by molar-refractivity contribution is 0.107. The second-order valence-corrected chi connectivity index (χ2v) is 7.75. The zero-order valence-corrected chi connectivity index (χ0v) is 17.8. The van der Waals surface area contributed by atoms with Crippen molar-refractivity contribution in [3.05, 3.63) is 83.7 Å². The van der Waals surface area contributed by atoms with E-state index in [-0.39, 0.29) is 6.09 Å². The van der Waals surface area contributed by atoms with Crippen LogP contribution < -0.4 is 4.74 Å². The number of piperazine rings is 1. The van der Waals surface area contributed by atoms with E-state index >= 15 is 0 Å². The molecule has 0 aliphatic carbocycles. The number of benzene rings is 1. The maximum atomic E-state index is 12.5. The average Bonchev–Trinajstić information content (AvgIpc) is 2.80. The Morgan fingerprint density at radius 3 is 2.48 bits per heavy atom. The van der Waals surface area contributed by atoms with Crippen molar-refractivity contribution in [2.24, 2.45) is 0 Å². The van der Waals surface area contributed by atoms with Crippen molar-refractivity contribution in [1.29, 1.82) is 0 Å². The van der Waals surface area contributed by atoms with Gasteiger partial charge in [-0.15, -0.1) is 0 Å². The van der Waals surface area contributed by atoms with Crippen molar-refractivity contribution in [1.82, 2.24) is 24.8 Å². The smallest absolute Gasteiger partial charge is 0.410 e. The summed E-state index contributed by atoms with van der Waals surface area (Å²) in [4.78, 5) is 29.3. The van der Waals surface area contributed by atoms with Gasteiger partial charge in [-0.1, -0.05) is 18.2 Å². The Morgan fingerprint density at radius 1 is 0.968 bits per heavy atom. The first-order valence-electron chi connectivity index (χ1n) is 10.6. The summed E-state index contributed by atoms with van der Waals surface area (Å²) < 4.78 is 5.58. The number of amides is 1. The zero-order valence-electron chi connectivity index (χ0n) is 17.8. The van der Waals surface area contributed by atoms with Gasteiger partial charge in [0.2, 0.25) is 0 Å². The molecule has 1 saturated heterocycles. The molecule has 3 aromatic rings. The first-order valence-corrected chi connectivity index (χ1v) is 10.6. The van der Waals surface area contributed by atoms with Crippen molar-refractivity contribution < 1.29 is 9.53 Å². The summed E-state index contributed by atoms with van der Waals surface area (Å²) in [5.41, 5.74) is 4.31. The number of carbonyl (C=O) groups is 1. The number of aromatic nitrogens is 3. The number of carbonyl (C=O) groups excluding carboxylic acids is 1. The van der Waals surface area contributed by atoms with Gasteiger partial charge in [0.25, 0.3) is 0 Å². The molecule has 1 aliphatic rings. The van der Waals surface area contributed by atoms with Crippen LogP contribution in [-0.4, -0.2) is 57.0 Å². The highest BCUT2D eigenvalue weighted by molar-refractivity contribution is 5.70. The van der Waals surface area contributed by atoms with Gasteiger partial charge < -0.3 is 9.64 Å². The molecule has 0 spiro atoms. The van der Waals surface area contributed by atoms with Gasteiger partial charge in [0.05, 0.1) is 5.69 Å². The number of pyridine rings is 1. The molecular weight excluding hydrogens is 390 g/mol. The minimum Gasteiger partial charge on any atom is -0.410 e. The molecule has 0 radical (unpaired) electrons. The Kier molecular flexibility index (Phi) is 6.84. The minimum atomic E-state index is -0.293. The van der Waals surface area contributed by atoms with Gasteiger partial charge in [0, 0.05) is 50.3 Å². The number of rotatable bonds is 6. The third-order valence-electron chi connectivity index (χ3n) is 5.40. The molecule has 0 saturated carbocycles. The van der Waals surface area contributed by atoms with E-state index in [0.717, 1.165) is 49.6 Å². The molecular formula is C24H27N5O2. The van der Waals surface area contributed by atoms with Crippen LogP contribution in [0.1, 0.15) is 22.6 Å². The van der Waals surface area contributed by atoms with E-state index in [1.807, 2.05) is 49.4 Å². The van der Waals surface area contributed by atoms with E-state index in [0.29, 0.717) is 18.8 Å². The van der Waals surface area contributed by atoms with Gasteiger partial charge in [0.1, 0.15) is 12.1 Å². The van der Waals surface area contributed by atoms with E-state index in [9.17, 15) is 4.79 Å². The van der Waals surface area contributed by atoms with Gasteiger partial charge in [-0.3, -0.25) is 9.88 Å². The van der Waals surface area contributed by atoms with Crippen LogP contribution in [0.5, 0.6) is 5.75 Å². The van der Waals surface area contributed by atoms with Crippen LogP contribution in [0.15, 0.2) is 61.1 Å². The molecule has 4 rings (SSSR count). The summed E-state index contributed by atoms with van der Waals surface area (Å²) >= 11 is 0. The molecule has 7 nitrogen and oxygen atoms in total. The fourth-order valence-electron chi connectivity index (χ4n) is 3.63. The predicted octanol–water partition coefficient (Wildman–Crippen LogP) is 3.28. The van der Waals surface area contributed by atoms with Crippen LogP contribution in [0.3, 0.4) is 0 Å². The lowest BCUT2D eigenvalue weighted by Gasteiger charge is -2.33. The molecule has 1 fully saturated rings. The lowest BCUT2D eigenvalue weighted by atomic mass is 10.1. The van der Waals surface area contributed by atoms with Gasteiger partial charge >= 0.3 is 6.09 Å².